The van der Waals surface area contributed by atoms with Gasteiger partial charge in [-0.3, -0.25) is 14.4 Å². The topological polar surface area (TPSA) is 111 Å². The van der Waals surface area contributed by atoms with Crippen molar-refractivity contribution in [2.75, 3.05) is 27.2 Å². The van der Waals surface area contributed by atoms with Crippen LogP contribution in [0.15, 0.2) is 24.3 Å². The first kappa shape index (κ1) is 24.7. The maximum absolute atomic E-state index is 12.7. The molecular formula is C22H31N3O5S. The molecule has 0 bridgehead atoms. The summed E-state index contributed by atoms with van der Waals surface area (Å²) in [6.07, 6.45) is 3.37. The highest BCUT2D eigenvalue weighted by Gasteiger charge is 2.31. The van der Waals surface area contributed by atoms with E-state index in [-0.39, 0.29) is 11.9 Å². The fraction of sp³-hybridized carbons (Fsp3) is 0.545. The van der Waals surface area contributed by atoms with Crippen LogP contribution in [0.1, 0.15) is 37.6 Å². The zero-order valence-corrected chi connectivity index (χ0v) is 19.1. The Morgan fingerprint density at radius 1 is 1.16 bits per heavy atom. The van der Waals surface area contributed by atoms with E-state index in [9.17, 15) is 14.7 Å². The standard InChI is InChI=1S/C20H27N3O3S.C2H4O2/c1-22(2)15-11-10-14(20(25)26)12-23(13-15)19(24)9-5-8-18-21-16-6-3-4-7-17(16)27-18;1-2(3)4/h3-4,6-7,14-15H,5,8-13H2,1-2H3,(H,25,26);1H3,(H,3,4)/t14-,15+;/m0./s1. The molecule has 1 fully saturated rings. The third kappa shape index (κ3) is 7.91. The summed E-state index contributed by atoms with van der Waals surface area (Å²) in [5.74, 6) is -2.05. The van der Waals surface area contributed by atoms with Crippen LogP contribution in [0.5, 0.6) is 0 Å². The van der Waals surface area contributed by atoms with Crippen molar-refractivity contribution in [2.24, 2.45) is 5.92 Å². The molecule has 2 atom stereocenters. The van der Waals surface area contributed by atoms with E-state index in [1.54, 1.807) is 16.2 Å². The highest BCUT2D eigenvalue weighted by molar-refractivity contribution is 7.18. The van der Waals surface area contributed by atoms with Crippen molar-refractivity contribution in [1.29, 1.82) is 0 Å². The molecule has 1 aliphatic heterocycles. The number of aromatic nitrogens is 1. The first-order valence-corrected chi connectivity index (χ1v) is 11.2. The quantitative estimate of drug-likeness (QED) is 0.697. The summed E-state index contributed by atoms with van der Waals surface area (Å²) < 4.78 is 1.17. The van der Waals surface area contributed by atoms with Gasteiger partial charge in [0.15, 0.2) is 0 Å². The predicted molar refractivity (Wildman–Crippen MR) is 120 cm³/mol. The van der Waals surface area contributed by atoms with Crippen LogP contribution >= 0.6 is 11.3 Å². The number of likely N-dealkylation sites (N-methyl/N-ethyl adjacent to an activating group) is 1. The van der Waals surface area contributed by atoms with Gasteiger partial charge in [-0.25, -0.2) is 4.98 Å². The molecule has 9 heteroatoms. The number of aryl methyl sites for hydroxylation is 1. The number of carboxylic acid groups (broad SMARTS) is 2. The number of carbonyl (C=O) groups is 3. The van der Waals surface area contributed by atoms with Gasteiger partial charge in [-0.15, -0.1) is 11.3 Å². The number of hydrogen-bond acceptors (Lipinski definition) is 6. The fourth-order valence-electron chi connectivity index (χ4n) is 3.57. The molecule has 0 radical (unpaired) electrons. The Balaban J connectivity index is 0.000000785. The number of aliphatic carboxylic acids is 2. The number of likely N-dealkylation sites (tertiary alicyclic amines) is 1. The Kier molecular flexibility index (Phi) is 9.39. The molecule has 0 aliphatic carbocycles. The Labute approximate surface area is 186 Å². The molecule has 2 heterocycles. The van der Waals surface area contributed by atoms with Gasteiger partial charge in [0.25, 0.3) is 5.97 Å². The summed E-state index contributed by atoms with van der Waals surface area (Å²) in [5.41, 5.74) is 1.01. The van der Waals surface area contributed by atoms with Crippen molar-refractivity contribution in [2.45, 2.75) is 45.1 Å². The zero-order valence-electron chi connectivity index (χ0n) is 18.3. The van der Waals surface area contributed by atoms with Crippen molar-refractivity contribution in [3.05, 3.63) is 29.3 Å². The Morgan fingerprint density at radius 2 is 1.84 bits per heavy atom. The molecule has 3 rings (SSSR count). The van der Waals surface area contributed by atoms with Crippen LogP contribution in [-0.4, -0.2) is 76.1 Å². The molecule has 0 spiro atoms. The number of hydrogen-bond donors (Lipinski definition) is 2. The van der Waals surface area contributed by atoms with E-state index in [0.29, 0.717) is 25.9 Å². The van der Waals surface area contributed by atoms with Crippen molar-refractivity contribution >= 4 is 39.4 Å². The third-order valence-corrected chi connectivity index (χ3v) is 6.37. The molecule has 0 saturated carbocycles. The fourth-order valence-corrected chi connectivity index (χ4v) is 4.58. The normalized spacial score (nSPS) is 18.9. The minimum atomic E-state index is -0.833. The van der Waals surface area contributed by atoms with Crippen LogP contribution < -0.4 is 0 Å². The van der Waals surface area contributed by atoms with E-state index < -0.39 is 17.9 Å². The molecule has 8 nitrogen and oxygen atoms in total. The highest BCUT2D eigenvalue weighted by Crippen LogP contribution is 2.24. The molecule has 170 valence electrons. The molecule has 2 N–H and O–H groups in total. The number of nitrogens with zero attached hydrogens (tertiary/aromatic N) is 3. The molecule has 31 heavy (non-hydrogen) atoms. The second-order valence-electron chi connectivity index (χ2n) is 7.98. The lowest BCUT2D eigenvalue weighted by Crippen LogP contribution is -2.43. The third-order valence-electron chi connectivity index (χ3n) is 5.27. The minimum Gasteiger partial charge on any atom is -0.481 e. The largest absolute Gasteiger partial charge is 0.481 e. The van der Waals surface area contributed by atoms with Gasteiger partial charge in [-0.05, 0) is 51.9 Å². The molecule has 1 aromatic carbocycles. The van der Waals surface area contributed by atoms with Crippen LogP contribution in [0.3, 0.4) is 0 Å². The summed E-state index contributed by atoms with van der Waals surface area (Å²) >= 11 is 1.68. The van der Waals surface area contributed by atoms with E-state index in [1.165, 1.54) is 4.70 Å². The highest BCUT2D eigenvalue weighted by atomic mass is 32.1. The molecule has 2 aromatic rings. The second kappa shape index (κ2) is 11.8. The van der Waals surface area contributed by atoms with Crippen LogP contribution in [0.4, 0.5) is 0 Å². The van der Waals surface area contributed by atoms with Crippen LogP contribution in [0.25, 0.3) is 10.2 Å². The minimum absolute atomic E-state index is 0.0520. The van der Waals surface area contributed by atoms with Gasteiger partial charge in [0.2, 0.25) is 5.91 Å². The van der Waals surface area contributed by atoms with Gasteiger partial charge in [-0.2, -0.15) is 0 Å². The molecule has 1 aliphatic rings. The first-order chi connectivity index (χ1) is 14.7. The van der Waals surface area contributed by atoms with E-state index in [0.717, 1.165) is 36.7 Å². The average molecular weight is 450 g/mol. The number of carbonyl (C=O) groups excluding carboxylic acids is 1. The number of rotatable bonds is 6. The number of para-hydroxylation sites is 1. The van der Waals surface area contributed by atoms with E-state index in [2.05, 4.69) is 16.0 Å². The summed E-state index contributed by atoms with van der Waals surface area (Å²) in [6.45, 7) is 2.01. The van der Waals surface area contributed by atoms with Gasteiger partial charge < -0.3 is 20.0 Å². The smallest absolute Gasteiger partial charge is 0.308 e. The van der Waals surface area contributed by atoms with Gasteiger partial charge in [0.1, 0.15) is 0 Å². The van der Waals surface area contributed by atoms with Crippen LogP contribution in [0, 0.1) is 5.92 Å². The Bertz CT molecular complexity index is 861. The van der Waals surface area contributed by atoms with Gasteiger partial charge in [0.05, 0.1) is 21.1 Å². The van der Waals surface area contributed by atoms with Gasteiger partial charge >= 0.3 is 5.97 Å². The van der Waals surface area contributed by atoms with E-state index in [1.807, 2.05) is 32.3 Å². The van der Waals surface area contributed by atoms with Crippen molar-refractivity contribution in [3.8, 4) is 0 Å². The average Bonchev–Trinajstić information content (AvgIpc) is 2.95. The van der Waals surface area contributed by atoms with Crippen molar-refractivity contribution < 1.29 is 24.6 Å². The van der Waals surface area contributed by atoms with Crippen LogP contribution in [-0.2, 0) is 20.8 Å². The number of carboxylic acids is 2. The van der Waals surface area contributed by atoms with E-state index >= 15 is 0 Å². The van der Waals surface area contributed by atoms with Crippen molar-refractivity contribution in [1.82, 2.24) is 14.8 Å². The number of thiazole rings is 1. The lowest BCUT2D eigenvalue weighted by molar-refractivity contribution is -0.143. The molecular weight excluding hydrogens is 418 g/mol. The summed E-state index contributed by atoms with van der Waals surface area (Å²) in [4.78, 5) is 41.7. The molecule has 0 unspecified atom stereocenters. The Morgan fingerprint density at radius 3 is 2.45 bits per heavy atom. The lowest BCUT2D eigenvalue weighted by Gasteiger charge is -2.29. The number of fused-ring (bicyclic) bond motifs is 1. The zero-order chi connectivity index (χ0) is 23.0. The second-order valence-corrected chi connectivity index (χ2v) is 9.09. The predicted octanol–water partition coefficient (Wildman–Crippen LogP) is 2.96. The lowest BCUT2D eigenvalue weighted by atomic mass is 10.0. The summed E-state index contributed by atoms with van der Waals surface area (Å²) in [6, 6.07) is 8.27. The summed E-state index contributed by atoms with van der Waals surface area (Å²) in [5, 5.41) is 17.9. The SMILES string of the molecule is CC(=O)O.CN(C)[C@@H]1CC[C@H](C(=O)O)CN(C(=O)CCCc2nc3ccccc3s2)C1. The molecule has 1 amide bonds. The van der Waals surface area contributed by atoms with Crippen LogP contribution in [0.2, 0.25) is 0 Å². The number of benzene rings is 1. The maximum atomic E-state index is 12.7. The number of amides is 1. The Hall–Kier alpha value is -2.52. The van der Waals surface area contributed by atoms with Gasteiger partial charge in [-0.1, -0.05) is 12.1 Å². The first-order valence-electron chi connectivity index (χ1n) is 10.4. The maximum Gasteiger partial charge on any atom is 0.308 e. The monoisotopic (exact) mass is 449 g/mol. The molecule has 1 saturated heterocycles. The van der Waals surface area contributed by atoms with E-state index in [4.69, 9.17) is 9.90 Å². The molecule has 1 aromatic heterocycles. The summed E-state index contributed by atoms with van der Waals surface area (Å²) in [7, 11) is 3.98. The van der Waals surface area contributed by atoms with Gasteiger partial charge in [0, 0.05) is 32.5 Å². The van der Waals surface area contributed by atoms with Crippen molar-refractivity contribution in [3.63, 3.8) is 0 Å².